The number of aliphatic hydroxyl groups is 1. The molecule has 0 saturated carbocycles. The van der Waals surface area contributed by atoms with Gasteiger partial charge in [0.25, 0.3) is 0 Å². The lowest BCUT2D eigenvalue weighted by atomic mass is 9.79. The summed E-state index contributed by atoms with van der Waals surface area (Å²) >= 11 is 0. The second kappa shape index (κ2) is 7.41. The van der Waals surface area contributed by atoms with Gasteiger partial charge >= 0.3 is 0 Å². The number of nitrogens with zero attached hydrogens (tertiary/aromatic N) is 3. The number of benzene rings is 3. The topological polar surface area (TPSA) is 50.9 Å². The highest BCUT2D eigenvalue weighted by molar-refractivity contribution is 5.74. The Kier molecular flexibility index (Phi) is 4.80. The van der Waals surface area contributed by atoms with Crippen LogP contribution >= 0.6 is 0 Å². The number of aromatic nitrogens is 3. The molecular weight excluding hydrogens is 346 g/mol. The highest BCUT2D eigenvalue weighted by Gasteiger charge is 2.41. The smallest absolute Gasteiger partial charge is 0.141 e. The molecule has 1 N–H and O–H groups in total. The summed E-state index contributed by atoms with van der Waals surface area (Å²) in [6.07, 6.45) is 2.06. The molecule has 4 rings (SSSR count). The molecule has 0 aliphatic rings. The van der Waals surface area contributed by atoms with E-state index in [0.29, 0.717) is 0 Å². The predicted molar refractivity (Wildman–Crippen MR) is 112 cm³/mol. The van der Waals surface area contributed by atoms with E-state index in [9.17, 15) is 5.11 Å². The number of hydrogen-bond donors (Lipinski definition) is 1. The zero-order valence-corrected chi connectivity index (χ0v) is 16.0. The quantitative estimate of drug-likeness (QED) is 0.510. The van der Waals surface area contributed by atoms with Crippen LogP contribution in [0.2, 0.25) is 0 Å². The molecule has 4 nitrogen and oxygen atoms in total. The molecule has 3 aromatic carbocycles. The molecule has 0 radical (unpaired) electrons. The van der Waals surface area contributed by atoms with Crippen molar-refractivity contribution in [3.8, 4) is 0 Å². The number of para-hydroxylation sites is 1. The summed E-state index contributed by atoms with van der Waals surface area (Å²) in [4.78, 5) is 0. The zero-order chi connectivity index (χ0) is 19.6. The molecule has 0 amide bonds. The highest BCUT2D eigenvalue weighted by Crippen LogP contribution is 2.41. The average molecular weight is 369 g/mol. The van der Waals surface area contributed by atoms with E-state index in [2.05, 4.69) is 16.4 Å². The maximum Gasteiger partial charge on any atom is 0.141 e. The predicted octanol–water partition coefficient (Wildman–Crippen LogP) is 4.87. The molecule has 1 aromatic heterocycles. The Morgan fingerprint density at radius 1 is 0.857 bits per heavy atom. The zero-order valence-electron chi connectivity index (χ0n) is 16.0. The van der Waals surface area contributed by atoms with Crippen LogP contribution < -0.4 is 0 Å². The van der Waals surface area contributed by atoms with Gasteiger partial charge in [0.1, 0.15) is 17.2 Å². The van der Waals surface area contributed by atoms with Gasteiger partial charge in [0.2, 0.25) is 0 Å². The van der Waals surface area contributed by atoms with Crippen LogP contribution in [0.25, 0.3) is 11.0 Å². The first-order valence-corrected chi connectivity index (χ1v) is 9.39. The summed E-state index contributed by atoms with van der Waals surface area (Å²) in [5.41, 5.74) is 3.09. The van der Waals surface area contributed by atoms with Crippen molar-refractivity contribution in [3.63, 3.8) is 0 Å². The lowest BCUT2D eigenvalue weighted by Gasteiger charge is -2.36. The third-order valence-electron chi connectivity index (χ3n) is 4.99. The molecule has 1 heterocycles. The maximum absolute atomic E-state index is 12.3. The van der Waals surface area contributed by atoms with Crippen LogP contribution in [0.15, 0.2) is 96.6 Å². The summed E-state index contributed by atoms with van der Waals surface area (Å²) in [7, 11) is 0. The van der Waals surface area contributed by atoms with Crippen LogP contribution in [-0.4, -0.2) is 20.1 Å². The van der Waals surface area contributed by atoms with Gasteiger partial charge in [-0.05, 0) is 37.1 Å². The van der Waals surface area contributed by atoms with Gasteiger partial charge < -0.3 is 5.11 Å². The number of allylic oxidation sites excluding steroid dienone is 1. The third kappa shape index (κ3) is 3.12. The third-order valence-corrected chi connectivity index (χ3v) is 4.99. The van der Waals surface area contributed by atoms with Crippen molar-refractivity contribution < 1.29 is 5.11 Å². The lowest BCUT2D eigenvalue weighted by molar-refractivity contribution is 0.0373. The summed E-state index contributed by atoms with van der Waals surface area (Å²) in [6, 6.07) is 26.9. The van der Waals surface area contributed by atoms with E-state index in [0.717, 1.165) is 27.7 Å². The van der Waals surface area contributed by atoms with Crippen molar-refractivity contribution in [3.05, 3.63) is 108 Å². The average Bonchev–Trinajstić information content (AvgIpc) is 3.16. The van der Waals surface area contributed by atoms with Crippen molar-refractivity contribution in [1.82, 2.24) is 15.0 Å². The molecule has 0 fully saturated rings. The van der Waals surface area contributed by atoms with Gasteiger partial charge in [-0.3, -0.25) is 0 Å². The summed E-state index contributed by atoms with van der Waals surface area (Å²) in [6.45, 7) is 4.06. The fraction of sp³-hybridized carbons (Fsp3) is 0.167. The van der Waals surface area contributed by atoms with Crippen molar-refractivity contribution in [2.45, 2.75) is 25.5 Å². The van der Waals surface area contributed by atoms with Gasteiger partial charge in [-0.2, -0.15) is 0 Å². The molecule has 1 unspecified atom stereocenters. The molecule has 0 aliphatic carbocycles. The number of rotatable bonds is 5. The van der Waals surface area contributed by atoms with Crippen LogP contribution in [0.1, 0.15) is 31.0 Å². The molecule has 0 bridgehead atoms. The SMILES string of the molecule is CC(C)=CC(n1nnc2ccccc21)C(O)(c1ccccc1)c1ccccc1. The fourth-order valence-electron chi connectivity index (χ4n) is 3.67. The van der Waals surface area contributed by atoms with Gasteiger partial charge in [-0.15, -0.1) is 5.10 Å². The number of hydrogen-bond acceptors (Lipinski definition) is 3. The normalized spacial score (nSPS) is 12.7. The van der Waals surface area contributed by atoms with Crippen LogP contribution in [0, 0.1) is 0 Å². The Balaban J connectivity index is 2.02. The van der Waals surface area contributed by atoms with Crippen LogP contribution in [0.4, 0.5) is 0 Å². The molecule has 1 atom stereocenters. The Bertz CT molecular complexity index is 1060. The highest BCUT2D eigenvalue weighted by atomic mass is 16.3. The van der Waals surface area contributed by atoms with E-state index in [1.807, 2.05) is 103 Å². The molecule has 0 saturated heterocycles. The minimum atomic E-state index is -1.31. The summed E-state index contributed by atoms with van der Waals surface area (Å²) < 4.78 is 1.82. The van der Waals surface area contributed by atoms with E-state index in [1.165, 1.54) is 0 Å². The Labute approximate surface area is 164 Å². The molecule has 4 aromatic rings. The largest absolute Gasteiger partial charge is 0.378 e. The molecular formula is C24H23N3O. The summed E-state index contributed by atoms with van der Waals surface area (Å²) in [5, 5.41) is 21.0. The lowest BCUT2D eigenvalue weighted by Crippen LogP contribution is -2.38. The van der Waals surface area contributed by atoms with Crippen LogP contribution in [-0.2, 0) is 5.60 Å². The van der Waals surface area contributed by atoms with E-state index < -0.39 is 11.6 Å². The van der Waals surface area contributed by atoms with Crippen molar-refractivity contribution in [2.24, 2.45) is 0 Å². The molecule has 0 spiro atoms. The number of fused-ring (bicyclic) bond motifs is 1. The van der Waals surface area contributed by atoms with E-state index in [-0.39, 0.29) is 0 Å². The second-order valence-corrected chi connectivity index (χ2v) is 7.21. The second-order valence-electron chi connectivity index (χ2n) is 7.21. The molecule has 140 valence electrons. The maximum atomic E-state index is 12.3. The molecule has 4 heteroatoms. The van der Waals surface area contributed by atoms with Gasteiger partial charge in [0, 0.05) is 0 Å². The fourth-order valence-corrected chi connectivity index (χ4v) is 3.67. The Morgan fingerprint density at radius 3 is 1.96 bits per heavy atom. The minimum absolute atomic E-state index is 0.463. The van der Waals surface area contributed by atoms with Gasteiger partial charge in [-0.1, -0.05) is 89.7 Å². The Hall–Kier alpha value is -3.24. The Morgan fingerprint density at radius 2 is 1.39 bits per heavy atom. The first kappa shape index (κ1) is 18.1. The minimum Gasteiger partial charge on any atom is -0.378 e. The monoisotopic (exact) mass is 369 g/mol. The van der Waals surface area contributed by atoms with Crippen molar-refractivity contribution in [1.29, 1.82) is 0 Å². The van der Waals surface area contributed by atoms with Crippen molar-refractivity contribution >= 4 is 11.0 Å². The molecule has 28 heavy (non-hydrogen) atoms. The first-order valence-electron chi connectivity index (χ1n) is 9.39. The van der Waals surface area contributed by atoms with E-state index in [4.69, 9.17) is 0 Å². The van der Waals surface area contributed by atoms with Crippen LogP contribution in [0.5, 0.6) is 0 Å². The van der Waals surface area contributed by atoms with Crippen LogP contribution in [0.3, 0.4) is 0 Å². The van der Waals surface area contributed by atoms with Gasteiger partial charge in [0.05, 0.1) is 5.52 Å². The van der Waals surface area contributed by atoms with E-state index in [1.54, 1.807) is 0 Å². The standard InChI is InChI=1S/C24H23N3O/c1-18(2)17-23(27-22-16-10-9-15-21(22)25-26-27)24(28,19-11-5-3-6-12-19)20-13-7-4-8-14-20/h3-17,23,28H,1-2H3. The summed E-state index contributed by atoms with van der Waals surface area (Å²) in [5.74, 6) is 0. The van der Waals surface area contributed by atoms with E-state index >= 15 is 0 Å². The first-order chi connectivity index (χ1) is 13.6. The van der Waals surface area contributed by atoms with Gasteiger partial charge in [-0.25, -0.2) is 4.68 Å². The van der Waals surface area contributed by atoms with Crippen molar-refractivity contribution in [2.75, 3.05) is 0 Å². The van der Waals surface area contributed by atoms with Gasteiger partial charge in [0.15, 0.2) is 0 Å². The molecule has 0 aliphatic heterocycles.